The number of piperidine rings is 1. The smallest absolute Gasteiger partial charge is 0.0589 e. The van der Waals surface area contributed by atoms with Crippen LogP contribution in [0.5, 0.6) is 0 Å². The van der Waals surface area contributed by atoms with E-state index in [9.17, 15) is 0 Å². The lowest BCUT2D eigenvalue weighted by Crippen LogP contribution is -2.45. The summed E-state index contributed by atoms with van der Waals surface area (Å²) in [6.45, 7) is 8.38. The van der Waals surface area contributed by atoms with Crippen molar-refractivity contribution in [3.05, 3.63) is 30.1 Å². The summed E-state index contributed by atoms with van der Waals surface area (Å²) >= 11 is 0. The molecule has 0 bridgehead atoms. The maximum atomic E-state index is 5.55. The number of rotatable bonds is 7. The molecule has 0 aromatic carbocycles. The lowest BCUT2D eigenvalue weighted by Gasteiger charge is -2.42. The number of aromatic nitrogens is 1. The normalized spacial score (nSPS) is 24.7. The molecule has 24 heavy (non-hydrogen) atoms. The Morgan fingerprint density at radius 1 is 1.17 bits per heavy atom. The Balaban J connectivity index is 1.57. The Kier molecular flexibility index (Phi) is 6.22. The average molecular weight is 333 g/mol. The van der Waals surface area contributed by atoms with Crippen molar-refractivity contribution in [1.82, 2.24) is 14.8 Å². The molecular weight excluding hydrogens is 302 g/mol. The van der Waals surface area contributed by atoms with Crippen molar-refractivity contribution < 1.29 is 9.47 Å². The Bertz CT molecular complexity index is 489. The molecule has 0 aliphatic carbocycles. The van der Waals surface area contributed by atoms with Crippen molar-refractivity contribution in [1.29, 1.82) is 0 Å². The minimum Gasteiger partial charge on any atom is -0.384 e. The van der Waals surface area contributed by atoms with Gasteiger partial charge in [0, 0.05) is 52.5 Å². The van der Waals surface area contributed by atoms with Gasteiger partial charge in [0.05, 0.1) is 18.9 Å². The molecule has 0 unspecified atom stereocenters. The van der Waals surface area contributed by atoms with Crippen LogP contribution in [0.25, 0.3) is 0 Å². The lowest BCUT2D eigenvalue weighted by molar-refractivity contribution is 0.0344. The third kappa shape index (κ3) is 4.14. The second-order valence-corrected chi connectivity index (χ2v) is 7.34. The van der Waals surface area contributed by atoms with Crippen molar-refractivity contribution in [2.75, 3.05) is 60.2 Å². The highest BCUT2D eigenvalue weighted by Gasteiger charge is 2.47. The number of hydrogen-bond donors (Lipinski definition) is 0. The molecule has 1 atom stereocenters. The molecule has 2 saturated heterocycles. The first-order valence-electron chi connectivity index (χ1n) is 9.08. The van der Waals surface area contributed by atoms with Gasteiger partial charge in [-0.3, -0.25) is 9.88 Å². The Hall–Kier alpha value is -1.01. The largest absolute Gasteiger partial charge is 0.384 e. The van der Waals surface area contributed by atoms with Crippen LogP contribution in [-0.4, -0.2) is 74.9 Å². The van der Waals surface area contributed by atoms with E-state index in [2.05, 4.69) is 26.9 Å². The third-order valence-corrected chi connectivity index (χ3v) is 5.83. The lowest BCUT2D eigenvalue weighted by atomic mass is 9.71. The topological polar surface area (TPSA) is 37.8 Å². The van der Waals surface area contributed by atoms with E-state index < -0.39 is 0 Å². The van der Waals surface area contributed by atoms with E-state index in [1.54, 1.807) is 7.11 Å². The van der Waals surface area contributed by atoms with Gasteiger partial charge in [-0.15, -0.1) is 0 Å². The molecule has 2 aliphatic heterocycles. The van der Waals surface area contributed by atoms with Crippen molar-refractivity contribution in [2.24, 2.45) is 11.3 Å². The summed E-state index contributed by atoms with van der Waals surface area (Å²) < 4.78 is 10.8. The molecule has 0 saturated carbocycles. The van der Waals surface area contributed by atoms with Crippen LogP contribution >= 0.6 is 0 Å². The zero-order valence-corrected chi connectivity index (χ0v) is 15.1. The van der Waals surface area contributed by atoms with Crippen LogP contribution in [0.3, 0.4) is 0 Å². The predicted molar refractivity (Wildman–Crippen MR) is 94.9 cm³/mol. The first-order valence-corrected chi connectivity index (χ1v) is 9.08. The minimum atomic E-state index is 0.421. The predicted octanol–water partition coefficient (Wildman–Crippen LogP) is 1.89. The number of pyridine rings is 1. The molecule has 5 heteroatoms. The first-order chi connectivity index (χ1) is 11.8. The summed E-state index contributed by atoms with van der Waals surface area (Å²) in [7, 11) is 3.62. The van der Waals surface area contributed by atoms with Crippen molar-refractivity contribution in [3.8, 4) is 0 Å². The average Bonchev–Trinajstić information content (AvgIpc) is 2.94. The fourth-order valence-corrected chi connectivity index (χ4v) is 4.41. The summed E-state index contributed by atoms with van der Waals surface area (Å²) in [6, 6.07) is 6.18. The molecular formula is C19H31N3O2. The van der Waals surface area contributed by atoms with Gasteiger partial charge in [0.15, 0.2) is 0 Å². The van der Waals surface area contributed by atoms with Crippen LogP contribution in [0.1, 0.15) is 18.5 Å². The highest BCUT2D eigenvalue weighted by molar-refractivity contribution is 5.05. The fourth-order valence-electron chi connectivity index (χ4n) is 4.41. The number of hydrogen-bond acceptors (Lipinski definition) is 5. The van der Waals surface area contributed by atoms with E-state index in [4.69, 9.17) is 9.47 Å². The quantitative estimate of drug-likeness (QED) is 0.762. The Labute approximate surface area is 145 Å². The summed E-state index contributed by atoms with van der Waals surface area (Å²) in [5.74, 6) is 0.649. The molecule has 1 spiro atoms. The molecule has 3 rings (SSSR count). The maximum Gasteiger partial charge on any atom is 0.0589 e. The van der Waals surface area contributed by atoms with E-state index in [0.717, 1.165) is 45.9 Å². The van der Waals surface area contributed by atoms with Gasteiger partial charge in [0.2, 0.25) is 0 Å². The van der Waals surface area contributed by atoms with Crippen molar-refractivity contribution in [2.45, 2.75) is 19.4 Å². The van der Waals surface area contributed by atoms with Gasteiger partial charge in [0.25, 0.3) is 0 Å². The molecule has 1 aromatic rings. The highest BCUT2D eigenvalue weighted by atomic mass is 16.5. The fraction of sp³-hybridized carbons (Fsp3) is 0.737. The SMILES string of the molecule is COCCN1C[C@H](COC)C2(CCN(Cc3ccccn3)CC2)C1. The zero-order valence-electron chi connectivity index (χ0n) is 15.1. The van der Waals surface area contributed by atoms with E-state index >= 15 is 0 Å². The van der Waals surface area contributed by atoms with Gasteiger partial charge in [-0.2, -0.15) is 0 Å². The Morgan fingerprint density at radius 3 is 2.67 bits per heavy atom. The van der Waals surface area contributed by atoms with Crippen molar-refractivity contribution in [3.63, 3.8) is 0 Å². The number of likely N-dealkylation sites (tertiary alicyclic amines) is 2. The van der Waals surface area contributed by atoms with E-state index in [1.165, 1.54) is 25.1 Å². The van der Waals surface area contributed by atoms with Crippen LogP contribution in [0.15, 0.2) is 24.4 Å². The standard InChI is InChI=1S/C19H31N3O2/c1-23-12-11-22-13-17(15-24-2)19(16-22)6-9-21(10-7-19)14-18-5-3-4-8-20-18/h3-5,8,17H,6-7,9-16H2,1-2H3/t17-/m1/s1. The van der Waals surface area contributed by atoms with Crippen LogP contribution in [0, 0.1) is 11.3 Å². The van der Waals surface area contributed by atoms with E-state index in [-0.39, 0.29) is 0 Å². The molecule has 0 N–H and O–H groups in total. The molecule has 0 amide bonds. The molecule has 5 nitrogen and oxygen atoms in total. The molecule has 1 aromatic heterocycles. The Morgan fingerprint density at radius 2 is 2.00 bits per heavy atom. The van der Waals surface area contributed by atoms with Gasteiger partial charge < -0.3 is 14.4 Å². The van der Waals surface area contributed by atoms with E-state index in [0.29, 0.717) is 11.3 Å². The monoisotopic (exact) mass is 333 g/mol. The second-order valence-electron chi connectivity index (χ2n) is 7.34. The molecule has 2 fully saturated rings. The van der Waals surface area contributed by atoms with Crippen LogP contribution in [0.4, 0.5) is 0 Å². The minimum absolute atomic E-state index is 0.421. The van der Waals surface area contributed by atoms with E-state index in [1.807, 2.05) is 19.4 Å². The summed E-state index contributed by atoms with van der Waals surface area (Å²) in [4.78, 5) is 9.59. The number of methoxy groups -OCH3 is 2. The van der Waals surface area contributed by atoms with Crippen LogP contribution < -0.4 is 0 Å². The molecule has 3 heterocycles. The summed E-state index contributed by atoms with van der Waals surface area (Å²) in [6.07, 6.45) is 4.41. The van der Waals surface area contributed by atoms with Gasteiger partial charge >= 0.3 is 0 Å². The van der Waals surface area contributed by atoms with Crippen molar-refractivity contribution >= 4 is 0 Å². The first kappa shape index (κ1) is 17.8. The third-order valence-electron chi connectivity index (χ3n) is 5.83. The molecule has 134 valence electrons. The maximum absolute atomic E-state index is 5.55. The van der Waals surface area contributed by atoms with Gasteiger partial charge in [-0.25, -0.2) is 0 Å². The van der Waals surface area contributed by atoms with Crippen LogP contribution in [-0.2, 0) is 16.0 Å². The highest BCUT2D eigenvalue weighted by Crippen LogP contribution is 2.44. The second kappa shape index (κ2) is 8.39. The summed E-state index contributed by atoms with van der Waals surface area (Å²) in [5, 5.41) is 0. The van der Waals surface area contributed by atoms with Gasteiger partial charge in [-0.05, 0) is 43.5 Å². The molecule has 2 aliphatic rings. The van der Waals surface area contributed by atoms with Gasteiger partial charge in [-0.1, -0.05) is 6.07 Å². The zero-order chi connectivity index (χ0) is 16.8. The summed E-state index contributed by atoms with van der Waals surface area (Å²) in [5.41, 5.74) is 1.60. The van der Waals surface area contributed by atoms with Gasteiger partial charge in [0.1, 0.15) is 0 Å². The number of ether oxygens (including phenoxy) is 2. The molecule has 0 radical (unpaired) electrons. The van der Waals surface area contributed by atoms with Crippen LogP contribution in [0.2, 0.25) is 0 Å². The number of nitrogens with zero attached hydrogens (tertiary/aromatic N) is 3.